The van der Waals surface area contributed by atoms with Gasteiger partial charge in [0, 0.05) is 5.92 Å². The van der Waals surface area contributed by atoms with Gasteiger partial charge in [-0.25, -0.2) is 0 Å². The molecule has 1 saturated heterocycles. The first-order chi connectivity index (χ1) is 8.43. The van der Waals surface area contributed by atoms with Crippen LogP contribution in [0.5, 0.6) is 0 Å². The van der Waals surface area contributed by atoms with Crippen molar-refractivity contribution < 1.29 is 29.5 Å². The van der Waals surface area contributed by atoms with Gasteiger partial charge in [-0.15, -0.1) is 0 Å². The van der Waals surface area contributed by atoms with E-state index in [-0.39, 0.29) is 12.7 Å². The summed E-state index contributed by atoms with van der Waals surface area (Å²) in [6.07, 6.45) is -3.70. The fourth-order valence-electron chi connectivity index (χ4n) is 1.76. The minimum absolute atomic E-state index is 0.115. The summed E-state index contributed by atoms with van der Waals surface area (Å²) in [5.41, 5.74) is 0. The van der Waals surface area contributed by atoms with Gasteiger partial charge < -0.3 is 29.5 Å². The molecule has 0 amide bonds. The van der Waals surface area contributed by atoms with Gasteiger partial charge in [0.25, 0.3) is 0 Å². The lowest BCUT2D eigenvalue weighted by molar-refractivity contribution is -0.269. The molecule has 18 heavy (non-hydrogen) atoms. The summed E-state index contributed by atoms with van der Waals surface area (Å²) < 4.78 is 15.8. The van der Waals surface area contributed by atoms with Crippen LogP contribution in [0, 0.1) is 5.92 Å². The van der Waals surface area contributed by atoms with Crippen molar-refractivity contribution in [3.63, 3.8) is 0 Å². The van der Waals surface area contributed by atoms with E-state index in [0.717, 1.165) is 0 Å². The van der Waals surface area contributed by atoms with Gasteiger partial charge in [0.2, 0.25) is 0 Å². The Morgan fingerprint density at radius 3 is 2.39 bits per heavy atom. The van der Waals surface area contributed by atoms with E-state index in [9.17, 15) is 15.3 Å². The second kappa shape index (κ2) is 7.37. The largest absolute Gasteiger partial charge is 0.390 e. The van der Waals surface area contributed by atoms with Crippen LogP contribution in [0.1, 0.15) is 20.8 Å². The van der Waals surface area contributed by atoms with Crippen LogP contribution >= 0.6 is 0 Å². The number of hydrogen-bond donors (Lipinski definition) is 3. The Morgan fingerprint density at radius 1 is 1.11 bits per heavy atom. The highest BCUT2D eigenvalue weighted by atomic mass is 16.6. The molecule has 1 fully saturated rings. The standard InChI is InChI=1S/C12H24O6/c1-7(2)17-5-4-16-6-9-11(14)10(13)8(3)12(15)18-9/h7-15H,4-6H2,1-3H3/t8-,9-,10-,11+,12?/m1/s1. The van der Waals surface area contributed by atoms with E-state index >= 15 is 0 Å². The smallest absolute Gasteiger partial charge is 0.160 e. The number of aliphatic hydroxyl groups excluding tert-OH is 3. The Morgan fingerprint density at radius 2 is 1.78 bits per heavy atom. The Labute approximate surface area is 107 Å². The zero-order valence-corrected chi connectivity index (χ0v) is 11.2. The summed E-state index contributed by atoms with van der Waals surface area (Å²) >= 11 is 0. The Balaban J connectivity index is 2.25. The number of rotatable bonds is 6. The molecule has 0 aromatic heterocycles. The van der Waals surface area contributed by atoms with Crippen LogP contribution in [0.2, 0.25) is 0 Å². The summed E-state index contributed by atoms with van der Waals surface area (Å²) in [5.74, 6) is -0.513. The van der Waals surface area contributed by atoms with Crippen molar-refractivity contribution in [2.75, 3.05) is 19.8 Å². The Bertz CT molecular complexity index is 235. The van der Waals surface area contributed by atoms with Gasteiger partial charge in [0.05, 0.1) is 32.0 Å². The lowest BCUT2D eigenvalue weighted by Crippen LogP contribution is -2.55. The third-order valence-electron chi connectivity index (χ3n) is 2.99. The molecule has 0 aromatic carbocycles. The molecule has 6 nitrogen and oxygen atoms in total. The maximum atomic E-state index is 9.77. The van der Waals surface area contributed by atoms with Crippen LogP contribution in [0.3, 0.4) is 0 Å². The molecule has 1 rings (SSSR count). The molecule has 1 heterocycles. The molecule has 1 aliphatic rings. The molecule has 0 aliphatic carbocycles. The summed E-state index contributed by atoms with van der Waals surface area (Å²) in [5, 5.41) is 29.0. The van der Waals surface area contributed by atoms with E-state index in [1.807, 2.05) is 13.8 Å². The highest BCUT2D eigenvalue weighted by Gasteiger charge is 2.41. The van der Waals surface area contributed by atoms with E-state index in [0.29, 0.717) is 13.2 Å². The second-order valence-electron chi connectivity index (χ2n) is 4.90. The van der Waals surface area contributed by atoms with E-state index in [4.69, 9.17) is 14.2 Å². The van der Waals surface area contributed by atoms with Crippen LogP contribution in [-0.2, 0) is 14.2 Å². The van der Waals surface area contributed by atoms with Crippen molar-refractivity contribution in [3.8, 4) is 0 Å². The molecule has 5 atom stereocenters. The molecule has 0 aromatic rings. The molecule has 0 saturated carbocycles. The zero-order valence-electron chi connectivity index (χ0n) is 11.2. The van der Waals surface area contributed by atoms with Crippen molar-refractivity contribution in [1.82, 2.24) is 0 Å². The highest BCUT2D eigenvalue weighted by molar-refractivity contribution is 4.86. The molecule has 0 bridgehead atoms. The molecule has 0 radical (unpaired) electrons. The van der Waals surface area contributed by atoms with Crippen molar-refractivity contribution >= 4 is 0 Å². The van der Waals surface area contributed by atoms with Crippen molar-refractivity contribution in [2.45, 2.75) is 51.5 Å². The summed E-state index contributed by atoms with van der Waals surface area (Å²) in [6.45, 7) is 6.44. The summed E-state index contributed by atoms with van der Waals surface area (Å²) in [6, 6.07) is 0. The summed E-state index contributed by atoms with van der Waals surface area (Å²) in [7, 11) is 0. The first-order valence-corrected chi connectivity index (χ1v) is 6.32. The van der Waals surface area contributed by atoms with Crippen LogP contribution < -0.4 is 0 Å². The molecule has 3 N–H and O–H groups in total. The number of ether oxygens (including phenoxy) is 3. The topological polar surface area (TPSA) is 88.4 Å². The number of aliphatic hydroxyl groups is 3. The average Bonchev–Trinajstić information content (AvgIpc) is 2.32. The maximum absolute atomic E-state index is 9.77. The van der Waals surface area contributed by atoms with Gasteiger partial charge in [0.1, 0.15) is 12.2 Å². The van der Waals surface area contributed by atoms with Crippen LogP contribution in [0.15, 0.2) is 0 Å². The van der Waals surface area contributed by atoms with Gasteiger partial charge >= 0.3 is 0 Å². The highest BCUT2D eigenvalue weighted by Crippen LogP contribution is 2.24. The lowest BCUT2D eigenvalue weighted by atomic mass is 9.93. The van der Waals surface area contributed by atoms with Crippen LogP contribution in [0.4, 0.5) is 0 Å². The van der Waals surface area contributed by atoms with Gasteiger partial charge in [-0.3, -0.25) is 0 Å². The third kappa shape index (κ3) is 4.46. The molecule has 1 aliphatic heterocycles. The van der Waals surface area contributed by atoms with E-state index in [1.54, 1.807) is 6.92 Å². The van der Waals surface area contributed by atoms with Crippen molar-refractivity contribution in [3.05, 3.63) is 0 Å². The van der Waals surface area contributed by atoms with Crippen LogP contribution in [-0.4, -0.2) is 65.8 Å². The average molecular weight is 264 g/mol. The van der Waals surface area contributed by atoms with E-state index in [1.165, 1.54) is 0 Å². The normalized spacial score (nSPS) is 37.2. The fourth-order valence-corrected chi connectivity index (χ4v) is 1.76. The monoisotopic (exact) mass is 264 g/mol. The summed E-state index contributed by atoms with van der Waals surface area (Å²) in [4.78, 5) is 0. The van der Waals surface area contributed by atoms with Gasteiger partial charge in [0.15, 0.2) is 6.29 Å². The maximum Gasteiger partial charge on any atom is 0.160 e. The Hall–Kier alpha value is -0.240. The van der Waals surface area contributed by atoms with Gasteiger partial charge in [-0.2, -0.15) is 0 Å². The zero-order chi connectivity index (χ0) is 13.7. The molecular formula is C12H24O6. The SMILES string of the molecule is CC(C)OCCOC[C@H]1OC(O)[C@H](C)[C@@H](O)[C@H]1O. The Kier molecular flexibility index (Phi) is 6.48. The van der Waals surface area contributed by atoms with Crippen molar-refractivity contribution in [2.24, 2.45) is 5.92 Å². The second-order valence-corrected chi connectivity index (χ2v) is 4.90. The molecular weight excluding hydrogens is 240 g/mol. The van der Waals surface area contributed by atoms with Crippen LogP contribution in [0.25, 0.3) is 0 Å². The predicted octanol–water partition coefficient (Wildman–Crippen LogP) is -0.497. The minimum atomic E-state index is -1.08. The molecule has 1 unspecified atom stereocenters. The quantitative estimate of drug-likeness (QED) is 0.561. The third-order valence-corrected chi connectivity index (χ3v) is 2.99. The lowest BCUT2D eigenvalue weighted by Gasteiger charge is -2.39. The number of hydrogen-bond acceptors (Lipinski definition) is 6. The molecule has 0 spiro atoms. The fraction of sp³-hybridized carbons (Fsp3) is 1.00. The van der Waals surface area contributed by atoms with Gasteiger partial charge in [-0.05, 0) is 13.8 Å². The predicted molar refractivity (Wildman–Crippen MR) is 64.0 cm³/mol. The van der Waals surface area contributed by atoms with E-state index in [2.05, 4.69) is 0 Å². The first-order valence-electron chi connectivity index (χ1n) is 6.32. The minimum Gasteiger partial charge on any atom is -0.390 e. The van der Waals surface area contributed by atoms with Crippen molar-refractivity contribution in [1.29, 1.82) is 0 Å². The molecule has 6 heteroatoms. The van der Waals surface area contributed by atoms with Gasteiger partial charge in [-0.1, -0.05) is 6.92 Å². The first kappa shape index (κ1) is 15.8. The van der Waals surface area contributed by atoms with E-state index < -0.39 is 30.5 Å². The molecule has 108 valence electrons.